The van der Waals surface area contributed by atoms with Crippen molar-refractivity contribution in [1.82, 2.24) is 0 Å². The van der Waals surface area contributed by atoms with Gasteiger partial charge in [-0.1, -0.05) is 64.6 Å². The Labute approximate surface area is 165 Å². The molecule has 126 valence electrons. The molecule has 0 N–H and O–H groups in total. The van der Waals surface area contributed by atoms with Gasteiger partial charge in [-0.2, -0.15) is 0 Å². The minimum atomic E-state index is 0.487. The van der Waals surface area contributed by atoms with Crippen LogP contribution in [-0.4, -0.2) is 18.1 Å². The van der Waals surface area contributed by atoms with Gasteiger partial charge in [0.15, 0.2) is 0 Å². The van der Waals surface area contributed by atoms with Gasteiger partial charge >= 0.3 is 0 Å². The normalized spacial score (nSPS) is 14.4. The third-order valence-corrected chi connectivity index (χ3v) is 4.56. The van der Waals surface area contributed by atoms with Crippen LogP contribution in [0.4, 0.5) is 11.4 Å². The van der Waals surface area contributed by atoms with Crippen LogP contribution in [0.25, 0.3) is 0 Å². The van der Waals surface area contributed by atoms with Gasteiger partial charge < -0.3 is 0 Å². The first-order valence-electron chi connectivity index (χ1n) is 7.28. The molecule has 0 bridgehead atoms. The summed E-state index contributed by atoms with van der Waals surface area (Å²) >= 11 is 24.4. The lowest BCUT2D eigenvalue weighted by molar-refractivity contribution is 1.47. The SMILES string of the molecule is Clc1cccc(Cl)c1N=CC1=CCC(C=Nc2c(Cl)cccc2Cl)=N1. The maximum atomic E-state index is 6.09. The average molecular weight is 411 g/mol. The third kappa shape index (κ3) is 4.50. The minimum Gasteiger partial charge on any atom is -0.252 e. The molecule has 1 aliphatic heterocycles. The Morgan fingerprint density at radius 1 is 0.760 bits per heavy atom. The summed E-state index contributed by atoms with van der Waals surface area (Å²) < 4.78 is 0. The van der Waals surface area contributed by atoms with E-state index in [2.05, 4.69) is 15.0 Å². The number of hydrogen-bond donors (Lipinski definition) is 0. The smallest absolute Gasteiger partial charge is 0.100 e. The quantitative estimate of drug-likeness (QED) is 0.480. The molecule has 3 rings (SSSR count). The van der Waals surface area contributed by atoms with Crippen molar-refractivity contribution in [3.05, 3.63) is 68.3 Å². The molecule has 0 fully saturated rings. The summed E-state index contributed by atoms with van der Waals surface area (Å²) in [5, 5.41) is 1.96. The van der Waals surface area contributed by atoms with Crippen molar-refractivity contribution in [2.75, 3.05) is 0 Å². The first-order valence-corrected chi connectivity index (χ1v) is 8.79. The molecule has 0 saturated carbocycles. The summed E-state index contributed by atoms with van der Waals surface area (Å²) in [6.45, 7) is 0. The Morgan fingerprint density at radius 2 is 1.24 bits per heavy atom. The molecule has 1 aliphatic rings. The average Bonchev–Trinajstić information content (AvgIpc) is 3.02. The highest BCUT2D eigenvalue weighted by Gasteiger charge is 2.08. The van der Waals surface area contributed by atoms with E-state index in [1.165, 1.54) is 0 Å². The van der Waals surface area contributed by atoms with E-state index in [1.54, 1.807) is 48.8 Å². The molecule has 0 unspecified atom stereocenters. The van der Waals surface area contributed by atoms with Gasteiger partial charge in [-0.15, -0.1) is 0 Å². The van der Waals surface area contributed by atoms with Crippen molar-refractivity contribution < 1.29 is 0 Å². The molecule has 0 aromatic heterocycles. The van der Waals surface area contributed by atoms with Crippen molar-refractivity contribution in [1.29, 1.82) is 0 Å². The Balaban J connectivity index is 1.74. The molecule has 0 spiro atoms. The van der Waals surface area contributed by atoms with Crippen LogP contribution in [0.1, 0.15) is 6.42 Å². The van der Waals surface area contributed by atoms with Crippen molar-refractivity contribution in [3.63, 3.8) is 0 Å². The number of rotatable bonds is 4. The summed E-state index contributed by atoms with van der Waals surface area (Å²) in [5.74, 6) is 0. The second kappa shape index (κ2) is 8.15. The van der Waals surface area contributed by atoms with Gasteiger partial charge in [0.2, 0.25) is 0 Å². The zero-order valence-electron chi connectivity index (χ0n) is 12.8. The molecule has 25 heavy (non-hydrogen) atoms. The molecule has 3 nitrogen and oxygen atoms in total. The predicted octanol–water partition coefficient (Wildman–Crippen LogP) is 7.13. The zero-order valence-corrected chi connectivity index (χ0v) is 15.8. The van der Waals surface area contributed by atoms with Crippen LogP contribution in [0, 0.1) is 0 Å². The summed E-state index contributed by atoms with van der Waals surface area (Å²) in [6.07, 6.45) is 5.84. The van der Waals surface area contributed by atoms with Crippen LogP contribution in [0.15, 0.2) is 63.1 Å². The fraction of sp³-hybridized carbons (Fsp3) is 0.0556. The Bertz CT molecular complexity index is 889. The second-order valence-electron chi connectivity index (χ2n) is 5.09. The summed E-state index contributed by atoms with van der Waals surface area (Å²) in [5.41, 5.74) is 2.54. The lowest BCUT2D eigenvalue weighted by Crippen LogP contribution is -1.93. The van der Waals surface area contributed by atoms with E-state index in [0.29, 0.717) is 43.6 Å². The van der Waals surface area contributed by atoms with Gasteiger partial charge in [0, 0.05) is 12.6 Å². The van der Waals surface area contributed by atoms with Crippen LogP contribution in [0.5, 0.6) is 0 Å². The first kappa shape index (κ1) is 18.2. The number of hydrogen-bond acceptors (Lipinski definition) is 3. The number of nitrogens with zero attached hydrogens (tertiary/aromatic N) is 3. The topological polar surface area (TPSA) is 37.1 Å². The molecular weight excluding hydrogens is 400 g/mol. The van der Waals surface area contributed by atoms with E-state index in [4.69, 9.17) is 46.4 Å². The Hall–Kier alpha value is -1.65. The summed E-state index contributed by atoms with van der Waals surface area (Å²) in [4.78, 5) is 13.1. The van der Waals surface area contributed by atoms with Gasteiger partial charge in [-0.05, 0) is 24.3 Å². The zero-order chi connectivity index (χ0) is 17.8. The highest BCUT2D eigenvalue weighted by atomic mass is 35.5. The molecule has 1 heterocycles. The number of halogens is 4. The van der Waals surface area contributed by atoms with Crippen molar-refractivity contribution in [2.24, 2.45) is 15.0 Å². The lowest BCUT2D eigenvalue weighted by atomic mass is 10.3. The second-order valence-corrected chi connectivity index (χ2v) is 6.72. The number of aliphatic imine (C=N–C) groups is 3. The largest absolute Gasteiger partial charge is 0.252 e. The molecule has 0 amide bonds. The van der Waals surface area contributed by atoms with Crippen molar-refractivity contribution >= 4 is 75.9 Å². The van der Waals surface area contributed by atoms with E-state index < -0.39 is 0 Å². The molecule has 2 aromatic rings. The maximum Gasteiger partial charge on any atom is 0.100 e. The fourth-order valence-electron chi connectivity index (χ4n) is 2.12. The van der Waals surface area contributed by atoms with Crippen LogP contribution < -0.4 is 0 Å². The maximum absolute atomic E-state index is 6.09. The standard InChI is InChI=1S/C18H11Cl4N3/c19-13-3-1-4-14(20)17(13)23-9-11-7-8-12(25-11)10-24-18-15(21)5-2-6-16(18)22/h1-7,9-10H,8H2. The number of allylic oxidation sites excluding steroid dienone is 2. The van der Waals surface area contributed by atoms with Crippen LogP contribution in [0.3, 0.4) is 0 Å². The van der Waals surface area contributed by atoms with Crippen LogP contribution >= 0.6 is 46.4 Å². The van der Waals surface area contributed by atoms with E-state index >= 15 is 0 Å². The molecule has 7 heteroatoms. The Kier molecular flexibility index (Phi) is 5.92. The number of para-hydroxylation sites is 2. The fourth-order valence-corrected chi connectivity index (χ4v) is 3.11. The minimum absolute atomic E-state index is 0.487. The van der Waals surface area contributed by atoms with Gasteiger partial charge in [-0.3, -0.25) is 15.0 Å². The predicted molar refractivity (Wildman–Crippen MR) is 109 cm³/mol. The molecule has 0 radical (unpaired) electrons. The van der Waals surface area contributed by atoms with Crippen molar-refractivity contribution in [3.8, 4) is 0 Å². The summed E-state index contributed by atoms with van der Waals surface area (Å²) in [6, 6.07) is 10.5. The van der Waals surface area contributed by atoms with Crippen LogP contribution in [-0.2, 0) is 0 Å². The molecule has 2 aromatic carbocycles. The molecule has 0 aliphatic carbocycles. The van der Waals surface area contributed by atoms with Crippen LogP contribution in [0.2, 0.25) is 20.1 Å². The first-order chi connectivity index (χ1) is 12.0. The lowest BCUT2D eigenvalue weighted by Gasteiger charge is -2.00. The molecule has 0 atom stereocenters. The molecule has 0 saturated heterocycles. The van der Waals surface area contributed by atoms with E-state index in [-0.39, 0.29) is 0 Å². The van der Waals surface area contributed by atoms with Gasteiger partial charge in [-0.25, -0.2) is 0 Å². The van der Waals surface area contributed by atoms with Gasteiger partial charge in [0.25, 0.3) is 0 Å². The summed E-state index contributed by atoms with van der Waals surface area (Å²) in [7, 11) is 0. The van der Waals surface area contributed by atoms with Crippen molar-refractivity contribution in [2.45, 2.75) is 6.42 Å². The van der Waals surface area contributed by atoms with E-state index in [0.717, 1.165) is 5.71 Å². The molecular formula is C18H11Cl4N3. The van der Waals surface area contributed by atoms with Gasteiger partial charge in [0.1, 0.15) is 11.4 Å². The number of benzene rings is 2. The third-order valence-electron chi connectivity index (χ3n) is 3.34. The van der Waals surface area contributed by atoms with E-state index in [1.807, 2.05) is 6.08 Å². The monoisotopic (exact) mass is 409 g/mol. The highest BCUT2D eigenvalue weighted by Crippen LogP contribution is 2.33. The van der Waals surface area contributed by atoms with E-state index in [9.17, 15) is 0 Å². The van der Waals surface area contributed by atoms with Gasteiger partial charge in [0.05, 0.1) is 37.7 Å². The highest BCUT2D eigenvalue weighted by molar-refractivity contribution is 6.40. The Morgan fingerprint density at radius 3 is 1.76 bits per heavy atom.